The minimum absolute atomic E-state index is 0.122. The maximum atomic E-state index is 11.1. The minimum atomic E-state index is -0.568. The Hall–Kier alpha value is -0.640. The lowest BCUT2D eigenvalue weighted by Crippen LogP contribution is -2.15. The maximum absolute atomic E-state index is 11.1. The van der Waals surface area contributed by atoms with Gasteiger partial charge in [-0.05, 0) is 6.42 Å². The summed E-state index contributed by atoms with van der Waals surface area (Å²) in [7, 11) is 1.26. The van der Waals surface area contributed by atoms with E-state index in [9.17, 15) is 9.59 Å². The molecule has 0 spiro atoms. The van der Waals surface area contributed by atoms with Crippen LogP contribution in [0.25, 0.3) is 0 Å². The smallest absolute Gasteiger partial charge is 0.341 e. The highest BCUT2D eigenvalue weighted by molar-refractivity contribution is 9.09. The summed E-state index contributed by atoms with van der Waals surface area (Å²) >= 11 is 2.98. The Labute approximate surface area is 79.9 Å². The molecular weight excluding hydrogens is 224 g/mol. The molecule has 0 aromatic rings. The van der Waals surface area contributed by atoms with E-state index in [1.165, 1.54) is 7.11 Å². The summed E-state index contributed by atoms with van der Waals surface area (Å²) < 4.78 is 4.44. The van der Waals surface area contributed by atoms with Crippen LogP contribution in [0.15, 0.2) is 11.6 Å². The molecule has 3 nitrogen and oxygen atoms in total. The van der Waals surface area contributed by atoms with Gasteiger partial charge >= 0.3 is 5.97 Å². The van der Waals surface area contributed by atoms with Gasteiger partial charge in [0.25, 0.3) is 0 Å². The van der Waals surface area contributed by atoms with Crippen LogP contribution in [0.5, 0.6) is 0 Å². The SMILES string of the molecule is CCC=C(C(=O)CBr)C(=O)OC. The number of Topliss-reactive ketones (excluding diaryl/α,β-unsaturated/α-hetero) is 1. The van der Waals surface area contributed by atoms with Gasteiger partial charge in [-0.2, -0.15) is 0 Å². The number of carbonyl (C=O) groups is 2. The summed E-state index contributed by atoms with van der Waals surface area (Å²) in [5.74, 6) is -0.815. The Balaban J connectivity index is 4.55. The predicted molar refractivity (Wildman–Crippen MR) is 49.2 cm³/mol. The van der Waals surface area contributed by atoms with Crippen molar-refractivity contribution in [3.05, 3.63) is 11.6 Å². The molecule has 0 aromatic carbocycles. The lowest BCUT2D eigenvalue weighted by atomic mass is 10.1. The first-order chi connectivity index (χ1) is 5.67. The number of rotatable bonds is 4. The number of ether oxygens (including phenoxy) is 1. The highest BCUT2D eigenvalue weighted by atomic mass is 79.9. The molecule has 0 atom stereocenters. The number of alkyl halides is 1. The standard InChI is InChI=1S/C8H11BrO3/c1-3-4-6(7(10)5-9)8(11)12-2/h4H,3,5H2,1-2H3. The van der Waals surface area contributed by atoms with Crippen LogP contribution in [0.1, 0.15) is 13.3 Å². The Morgan fingerprint density at radius 1 is 1.50 bits per heavy atom. The number of carbonyl (C=O) groups excluding carboxylic acids is 2. The fourth-order valence-corrected chi connectivity index (χ4v) is 0.999. The number of halogens is 1. The number of ketones is 1. The fraction of sp³-hybridized carbons (Fsp3) is 0.500. The summed E-state index contributed by atoms with van der Waals surface area (Å²) in [6.07, 6.45) is 2.21. The predicted octanol–water partition coefficient (Wildman–Crippen LogP) is 1.46. The molecule has 0 aromatic heterocycles. The number of allylic oxidation sites excluding steroid dienone is 1. The summed E-state index contributed by atoms with van der Waals surface area (Å²) in [4.78, 5) is 22.1. The zero-order valence-electron chi connectivity index (χ0n) is 7.09. The van der Waals surface area contributed by atoms with Crippen LogP contribution in [0.3, 0.4) is 0 Å². The molecular formula is C8H11BrO3. The van der Waals surface area contributed by atoms with Crippen molar-refractivity contribution in [2.75, 3.05) is 12.4 Å². The largest absolute Gasteiger partial charge is 0.465 e. The van der Waals surface area contributed by atoms with Crippen molar-refractivity contribution in [3.63, 3.8) is 0 Å². The van der Waals surface area contributed by atoms with E-state index in [-0.39, 0.29) is 16.7 Å². The van der Waals surface area contributed by atoms with E-state index in [0.29, 0.717) is 6.42 Å². The maximum Gasteiger partial charge on any atom is 0.341 e. The average molecular weight is 235 g/mol. The highest BCUT2D eigenvalue weighted by Gasteiger charge is 2.16. The molecule has 0 aliphatic rings. The van der Waals surface area contributed by atoms with Crippen LogP contribution >= 0.6 is 15.9 Å². The second-order valence-electron chi connectivity index (χ2n) is 2.07. The lowest BCUT2D eigenvalue weighted by Gasteiger charge is -2.00. The van der Waals surface area contributed by atoms with Gasteiger partial charge in [0.2, 0.25) is 0 Å². The third-order valence-electron chi connectivity index (χ3n) is 1.24. The van der Waals surface area contributed by atoms with Crippen molar-refractivity contribution in [1.82, 2.24) is 0 Å². The zero-order valence-corrected chi connectivity index (χ0v) is 8.68. The summed E-state index contributed by atoms with van der Waals surface area (Å²) in [6.45, 7) is 1.85. The van der Waals surface area contributed by atoms with Gasteiger partial charge < -0.3 is 4.74 Å². The van der Waals surface area contributed by atoms with Crippen LogP contribution in [0.2, 0.25) is 0 Å². The van der Waals surface area contributed by atoms with Crippen molar-refractivity contribution in [1.29, 1.82) is 0 Å². The highest BCUT2D eigenvalue weighted by Crippen LogP contribution is 2.03. The van der Waals surface area contributed by atoms with Gasteiger partial charge in [-0.25, -0.2) is 4.79 Å². The molecule has 0 heterocycles. The number of hydrogen-bond acceptors (Lipinski definition) is 3. The van der Waals surface area contributed by atoms with Crippen molar-refractivity contribution in [2.24, 2.45) is 0 Å². The van der Waals surface area contributed by atoms with Crippen molar-refractivity contribution < 1.29 is 14.3 Å². The Bertz CT molecular complexity index is 190. The van der Waals surface area contributed by atoms with Crippen LogP contribution in [0, 0.1) is 0 Å². The Morgan fingerprint density at radius 2 is 2.08 bits per heavy atom. The molecule has 0 saturated heterocycles. The molecule has 12 heavy (non-hydrogen) atoms. The van der Waals surface area contributed by atoms with E-state index < -0.39 is 5.97 Å². The van der Waals surface area contributed by atoms with E-state index in [1.54, 1.807) is 6.08 Å². The first-order valence-corrected chi connectivity index (χ1v) is 4.67. The molecule has 0 aliphatic carbocycles. The molecule has 0 aliphatic heterocycles. The normalized spacial score (nSPS) is 11.1. The van der Waals surface area contributed by atoms with Gasteiger partial charge in [0.15, 0.2) is 5.78 Å². The number of hydrogen-bond donors (Lipinski definition) is 0. The topological polar surface area (TPSA) is 43.4 Å². The Kier molecular flexibility index (Phi) is 5.62. The summed E-state index contributed by atoms with van der Waals surface area (Å²) in [5, 5.41) is 0.147. The van der Waals surface area contributed by atoms with Crippen molar-refractivity contribution in [3.8, 4) is 0 Å². The molecule has 68 valence electrons. The molecule has 0 radical (unpaired) electrons. The molecule has 0 N–H and O–H groups in total. The Morgan fingerprint density at radius 3 is 2.42 bits per heavy atom. The lowest BCUT2D eigenvalue weighted by molar-refractivity contribution is -0.137. The van der Waals surface area contributed by atoms with E-state index in [1.807, 2.05) is 6.92 Å². The van der Waals surface area contributed by atoms with Gasteiger partial charge in [0.05, 0.1) is 18.0 Å². The van der Waals surface area contributed by atoms with E-state index in [0.717, 1.165) is 0 Å². The van der Waals surface area contributed by atoms with Gasteiger partial charge in [-0.3, -0.25) is 4.79 Å². The van der Waals surface area contributed by atoms with E-state index in [4.69, 9.17) is 0 Å². The summed E-state index contributed by atoms with van der Waals surface area (Å²) in [6, 6.07) is 0. The fourth-order valence-electron chi connectivity index (χ4n) is 0.697. The van der Waals surface area contributed by atoms with E-state index in [2.05, 4.69) is 20.7 Å². The van der Waals surface area contributed by atoms with Gasteiger partial charge in [0.1, 0.15) is 0 Å². The first-order valence-electron chi connectivity index (χ1n) is 3.55. The molecule has 0 rings (SSSR count). The van der Waals surface area contributed by atoms with Crippen molar-refractivity contribution >= 4 is 27.7 Å². The molecule has 0 unspecified atom stereocenters. The number of methoxy groups -OCH3 is 1. The van der Waals surface area contributed by atoms with Crippen LogP contribution < -0.4 is 0 Å². The molecule has 0 amide bonds. The molecule has 4 heteroatoms. The second kappa shape index (κ2) is 5.94. The second-order valence-corrected chi connectivity index (χ2v) is 2.64. The summed E-state index contributed by atoms with van der Waals surface area (Å²) in [5.41, 5.74) is 0.122. The molecule has 0 bridgehead atoms. The monoisotopic (exact) mass is 234 g/mol. The van der Waals surface area contributed by atoms with Gasteiger partial charge in [-0.1, -0.05) is 28.9 Å². The van der Waals surface area contributed by atoms with Crippen LogP contribution in [0.4, 0.5) is 0 Å². The third-order valence-corrected chi connectivity index (χ3v) is 1.74. The van der Waals surface area contributed by atoms with Gasteiger partial charge in [-0.15, -0.1) is 0 Å². The minimum Gasteiger partial charge on any atom is -0.465 e. The zero-order chi connectivity index (χ0) is 9.56. The quantitative estimate of drug-likeness (QED) is 0.243. The molecule has 0 saturated carbocycles. The number of esters is 1. The van der Waals surface area contributed by atoms with Crippen molar-refractivity contribution in [2.45, 2.75) is 13.3 Å². The average Bonchev–Trinajstić information content (AvgIpc) is 2.11. The third kappa shape index (κ3) is 3.17. The van der Waals surface area contributed by atoms with E-state index >= 15 is 0 Å². The van der Waals surface area contributed by atoms with Crippen LogP contribution in [-0.2, 0) is 14.3 Å². The van der Waals surface area contributed by atoms with Crippen LogP contribution in [-0.4, -0.2) is 24.2 Å². The molecule has 0 fully saturated rings. The first kappa shape index (κ1) is 11.4. The van der Waals surface area contributed by atoms with Gasteiger partial charge in [0, 0.05) is 0 Å².